The van der Waals surface area contributed by atoms with Gasteiger partial charge in [0.15, 0.2) is 11.5 Å². The summed E-state index contributed by atoms with van der Waals surface area (Å²) in [6.07, 6.45) is 0.791. The summed E-state index contributed by atoms with van der Waals surface area (Å²) in [5.41, 5.74) is 0.851. The summed E-state index contributed by atoms with van der Waals surface area (Å²) in [6, 6.07) is 3.76. The van der Waals surface area contributed by atoms with E-state index >= 15 is 0 Å². The number of aryl methyl sites for hydroxylation is 1. The molecule has 2 rings (SSSR count). The highest BCUT2D eigenvalue weighted by Crippen LogP contribution is 2.33. The molecule has 0 unspecified atom stereocenters. The molecule has 0 radical (unpaired) electrons. The van der Waals surface area contributed by atoms with Gasteiger partial charge >= 0.3 is 0 Å². The second-order valence-corrected chi connectivity index (χ2v) is 3.82. The lowest BCUT2D eigenvalue weighted by Crippen LogP contribution is -2.01. The van der Waals surface area contributed by atoms with E-state index in [9.17, 15) is 0 Å². The maximum Gasteiger partial charge on any atom is 0.162 e. The van der Waals surface area contributed by atoms with E-state index in [0.29, 0.717) is 11.5 Å². The summed E-state index contributed by atoms with van der Waals surface area (Å²) in [5.74, 6) is 2.96. The molecule has 0 aliphatic heterocycles. The van der Waals surface area contributed by atoms with Crippen molar-refractivity contribution < 1.29 is 9.47 Å². The van der Waals surface area contributed by atoms with Gasteiger partial charge in [0.25, 0.3) is 0 Å². The van der Waals surface area contributed by atoms with Gasteiger partial charge in [-0.15, -0.1) is 0 Å². The minimum absolute atomic E-state index is 0.674. The molecule has 0 spiro atoms. The fourth-order valence-electron chi connectivity index (χ4n) is 1.85. The molecule has 0 aliphatic rings. The Kier molecular flexibility index (Phi) is 3.50. The summed E-state index contributed by atoms with van der Waals surface area (Å²) in [5, 5.41) is 4.01. The molecule has 5 heteroatoms. The van der Waals surface area contributed by atoms with Gasteiger partial charge in [0, 0.05) is 24.9 Å². The predicted molar refractivity (Wildman–Crippen MR) is 71.6 cm³/mol. The lowest BCUT2D eigenvalue weighted by molar-refractivity contribution is 0.356. The fourth-order valence-corrected chi connectivity index (χ4v) is 1.85. The molecule has 1 heterocycles. The molecule has 0 saturated carbocycles. The first-order valence-corrected chi connectivity index (χ1v) is 5.83. The summed E-state index contributed by atoms with van der Waals surface area (Å²) in [4.78, 5) is 8.95. The minimum atomic E-state index is 0.674. The Morgan fingerprint density at radius 1 is 1.11 bits per heavy atom. The highest BCUT2D eigenvalue weighted by atomic mass is 16.5. The second-order valence-electron chi connectivity index (χ2n) is 3.82. The predicted octanol–water partition coefficient (Wildman–Crippen LogP) is 2.25. The number of hydrogen-bond acceptors (Lipinski definition) is 5. The average Bonchev–Trinajstić information content (AvgIpc) is 2.44. The first-order chi connectivity index (χ1) is 8.73. The molecule has 0 amide bonds. The van der Waals surface area contributed by atoms with Gasteiger partial charge in [-0.3, -0.25) is 0 Å². The Balaban J connectivity index is 2.74. The molecule has 2 aromatic rings. The lowest BCUT2D eigenvalue weighted by Gasteiger charge is -2.11. The summed E-state index contributed by atoms with van der Waals surface area (Å²) in [6.45, 7) is 2.03. The molecule has 18 heavy (non-hydrogen) atoms. The van der Waals surface area contributed by atoms with E-state index in [-0.39, 0.29) is 0 Å². The van der Waals surface area contributed by atoms with Gasteiger partial charge in [0.1, 0.15) is 11.6 Å². The summed E-state index contributed by atoms with van der Waals surface area (Å²) < 4.78 is 10.6. The van der Waals surface area contributed by atoms with E-state index < -0.39 is 0 Å². The Morgan fingerprint density at radius 2 is 1.78 bits per heavy atom. The molecular formula is C13H17N3O2. The first-order valence-electron chi connectivity index (χ1n) is 5.83. The van der Waals surface area contributed by atoms with Gasteiger partial charge in [0.05, 0.1) is 19.7 Å². The van der Waals surface area contributed by atoms with E-state index in [1.54, 1.807) is 14.2 Å². The van der Waals surface area contributed by atoms with Gasteiger partial charge in [-0.1, -0.05) is 6.92 Å². The van der Waals surface area contributed by atoms with Crippen LogP contribution in [0.4, 0.5) is 5.82 Å². The molecule has 0 saturated heterocycles. The topological polar surface area (TPSA) is 56.3 Å². The van der Waals surface area contributed by atoms with Crippen molar-refractivity contribution in [3.05, 3.63) is 18.0 Å². The maximum atomic E-state index is 5.29. The molecule has 0 aliphatic carbocycles. The van der Waals surface area contributed by atoms with E-state index in [4.69, 9.17) is 9.47 Å². The van der Waals surface area contributed by atoms with Crippen LogP contribution >= 0.6 is 0 Å². The van der Waals surface area contributed by atoms with Gasteiger partial charge in [0.2, 0.25) is 0 Å². The van der Waals surface area contributed by atoms with Crippen molar-refractivity contribution in [3.63, 3.8) is 0 Å². The second kappa shape index (κ2) is 5.08. The molecule has 1 aromatic heterocycles. The first kappa shape index (κ1) is 12.4. The van der Waals surface area contributed by atoms with Crippen LogP contribution in [0.2, 0.25) is 0 Å². The van der Waals surface area contributed by atoms with Gasteiger partial charge in [-0.05, 0) is 6.07 Å². The number of anilines is 1. The van der Waals surface area contributed by atoms with E-state index in [1.165, 1.54) is 0 Å². The van der Waals surface area contributed by atoms with Gasteiger partial charge in [-0.25, -0.2) is 9.97 Å². The Bertz CT molecular complexity index is 570. The Labute approximate surface area is 106 Å². The van der Waals surface area contributed by atoms with Crippen LogP contribution in [0.25, 0.3) is 10.9 Å². The lowest BCUT2D eigenvalue weighted by atomic mass is 10.2. The molecule has 1 N–H and O–H groups in total. The zero-order chi connectivity index (χ0) is 13.1. The van der Waals surface area contributed by atoms with Crippen LogP contribution < -0.4 is 14.8 Å². The number of ether oxygens (including phenoxy) is 2. The summed E-state index contributed by atoms with van der Waals surface area (Å²) >= 11 is 0. The van der Waals surface area contributed by atoms with Crippen LogP contribution in [-0.2, 0) is 6.42 Å². The fraction of sp³-hybridized carbons (Fsp3) is 0.385. The van der Waals surface area contributed by atoms with Crippen LogP contribution in [0.15, 0.2) is 12.1 Å². The molecule has 0 atom stereocenters. The number of aromatic nitrogens is 2. The van der Waals surface area contributed by atoms with Crippen LogP contribution in [0, 0.1) is 0 Å². The average molecular weight is 247 g/mol. The van der Waals surface area contributed by atoms with Crippen molar-refractivity contribution in [2.45, 2.75) is 13.3 Å². The highest BCUT2D eigenvalue weighted by molar-refractivity contribution is 5.91. The number of nitrogens with zero attached hydrogens (tertiary/aromatic N) is 2. The zero-order valence-corrected chi connectivity index (χ0v) is 11.1. The van der Waals surface area contributed by atoms with E-state index in [0.717, 1.165) is 29.0 Å². The van der Waals surface area contributed by atoms with Crippen molar-refractivity contribution in [3.8, 4) is 11.5 Å². The number of hydrogen-bond donors (Lipinski definition) is 1. The smallest absolute Gasteiger partial charge is 0.162 e. The molecule has 0 bridgehead atoms. The monoisotopic (exact) mass is 247 g/mol. The Morgan fingerprint density at radius 3 is 2.33 bits per heavy atom. The third-order valence-electron chi connectivity index (χ3n) is 2.80. The van der Waals surface area contributed by atoms with Gasteiger partial charge < -0.3 is 14.8 Å². The third-order valence-corrected chi connectivity index (χ3v) is 2.80. The number of rotatable bonds is 4. The minimum Gasteiger partial charge on any atom is -0.493 e. The number of fused-ring (bicyclic) bond motifs is 1. The van der Waals surface area contributed by atoms with Crippen molar-refractivity contribution in [1.29, 1.82) is 0 Å². The van der Waals surface area contributed by atoms with Crippen molar-refractivity contribution in [2.75, 3.05) is 26.6 Å². The maximum absolute atomic E-state index is 5.29. The van der Waals surface area contributed by atoms with Crippen molar-refractivity contribution in [2.24, 2.45) is 0 Å². The van der Waals surface area contributed by atoms with Crippen molar-refractivity contribution in [1.82, 2.24) is 9.97 Å². The summed E-state index contributed by atoms with van der Waals surface area (Å²) in [7, 11) is 5.08. The van der Waals surface area contributed by atoms with Crippen LogP contribution in [0.1, 0.15) is 12.7 Å². The van der Waals surface area contributed by atoms with E-state index in [1.807, 2.05) is 26.1 Å². The zero-order valence-electron chi connectivity index (χ0n) is 11.1. The largest absolute Gasteiger partial charge is 0.493 e. The molecule has 1 aromatic carbocycles. The van der Waals surface area contributed by atoms with Crippen LogP contribution in [0.3, 0.4) is 0 Å². The SMILES string of the molecule is CCc1nc(NC)c2cc(OC)c(OC)cc2n1. The van der Waals surface area contributed by atoms with Crippen LogP contribution in [-0.4, -0.2) is 31.2 Å². The number of nitrogens with one attached hydrogen (secondary N) is 1. The van der Waals surface area contributed by atoms with Crippen LogP contribution in [0.5, 0.6) is 11.5 Å². The number of benzene rings is 1. The molecule has 0 fully saturated rings. The molecular weight excluding hydrogens is 230 g/mol. The Hall–Kier alpha value is -2.04. The van der Waals surface area contributed by atoms with Gasteiger partial charge in [-0.2, -0.15) is 0 Å². The molecule has 5 nitrogen and oxygen atoms in total. The van der Waals surface area contributed by atoms with E-state index in [2.05, 4.69) is 15.3 Å². The highest BCUT2D eigenvalue weighted by Gasteiger charge is 2.11. The third kappa shape index (κ3) is 2.03. The normalized spacial score (nSPS) is 10.4. The van der Waals surface area contributed by atoms with Crippen molar-refractivity contribution >= 4 is 16.7 Å². The number of methoxy groups -OCH3 is 2. The molecule has 96 valence electrons. The quantitative estimate of drug-likeness (QED) is 0.898. The standard InChI is InChI=1S/C13H17N3O2/c1-5-12-15-9-7-11(18-4)10(17-3)6-8(9)13(14-2)16-12/h6-7H,5H2,1-4H3,(H,14,15,16).